The highest BCUT2D eigenvalue weighted by molar-refractivity contribution is 9.10. The molecule has 22 heavy (non-hydrogen) atoms. The number of rotatable bonds is 4. The first-order chi connectivity index (χ1) is 10.4. The molecule has 1 N–H and O–H groups in total. The van der Waals surface area contributed by atoms with E-state index in [4.69, 9.17) is 4.74 Å². The molecule has 0 unspecified atom stereocenters. The Bertz CT molecular complexity index is 655. The number of aryl methyl sites for hydroxylation is 2. The van der Waals surface area contributed by atoms with E-state index in [9.17, 15) is 4.79 Å². The SMILES string of the molecule is Cc1cc(Br)cc(C)c1NC(=O)c1ccc(OC(C)C)cc1. The van der Waals surface area contributed by atoms with Crippen LogP contribution in [0.15, 0.2) is 40.9 Å². The lowest BCUT2D eigenvalue weighted by Gasteiger charge is -2.13. The summed E-state index contributed by atoms with van der Waals surface area (Å²) in [7, 11) is 0. The van der Waals surface area contributed by atoms with E-state index in [1.807, 2.05) is 52.0 Å². The number of benzene rings is 2. The summed E-state index contributed by atoms with van der Waals surface area (Å²) in [5, 5.41) is 2.98. The Kier molecular flexibility index (Phi) is 5.24. The highest BCUT2D eigenvalue weighted by atomic mass is 79.9. The zero-order valence-electron chi connectivity index (χ0n) is 13.2. The molecule has 0 aliphatic heterocycles. The number of hydrogen-bond acceptors (Lipinski definition) is 2. The quantitative estimate of drug-likeness (QED) is 0.821. The van der Waals surface area contributed by atoms with Gasteiger partial charge in [0, 0.05) is 15.7 Å². The van der Waals surface area contributed by atoms with Crippen molar-refractivity contribution in [2.75, 3.05) is 5.32 Å². The Balaban J connectivity index is 2.16. The molecule has 0 heterocycles. The Morgan fingerprint density at radius 2 is 1.64 bits per heavy atom. The number of hydrogen-bond donors (Lipinski definition) is 1. The van der Waals surface area contributed by atoms with Crippen molar-refractivity contribution in [3.63, 3.8) is 0 Å². The monoisotopic (exact) mass is 361 g/mol. The maximum atomic E-state index is 12.4. The van der Waals surface area contributed by atoms with E-state index in [2.05, 4.69) is 21.2 Å². The maximum absolute atomic E-state index is 12.4. The van der Waals surface area contributed by atoms with Crippen LogP contribution in [0.25, 0.3) is 0 Å². The molecule has 0 aliphatic rings. The van der Waals surface area contributed by atoms with Crippen LogP contribution in [0.3, 0.4) is 0 Å². The van der Waals surface area contributed by atoms with Gasteiger partial charge in [-0.15, -0.1) is 0 Å². The summed E-state index contributed by atoms with van der Waals surface area (Å²) in [6.07, 6.45) is 0.118. The van der Waals surface area contributed by atoms with Crippen LogP contribution in [0, 0.1) is 13.8 Å². The van der Waals surface area contributed by atoms with E-state index in [1.165, 1.54) is 0 Å². The predicted octanol–water partition coefficient (Wildman–Crippen LogP) is 5.11. The summed E-state index contributed by atoms with van der Waals surface area (Å²) >= 11 is 3.46. The first-order valence-corrected chi connectivity index (χ1v) is 8.01. The van der Waals surface area contributed by atoms with Gasteiger partial charge in [0.25, 0.3) is 5.91 Å². The second-order valence-electron chi connectivity index (χ2n) is 5.56. The highest BCUT2D eigenvalue weighted by Gasteiger charge is 2.11. The number of ether oxygens (including phenoxy) is 1. The minimum absolute atomic E-state index is 0.118. The average molecular weight is 362 g/mol. The third kappa shape index (κ3) is 4.10. The lowest BCUT2D eigenvalue weighted by Crippen LogP contribution is -2.14. The topological polar surface area (TPSA) is 38.3 Å². The van der Waals surface area contributed by atoms with E-state index in [0.29, 0.717) is 5.56 Å². The van der Waals surface area contributed by atoms with E-state index in [-0.39, 0.29) is 12.0 Å². The minimum Gasteiger partial charge on any atom is -0.491 e. The van der Waals surface area contributed by atoms with Gasteiger partial charge in [0.15, 0.2) is 0 Å². The Morgan fingerprint density at radius 3 is 2.14 bits per heavy atom. The fraction of sp³-hybridized carbons (Fsp3) is 0.278. The standard InChI is InChI=1S/C18H20BrNO2/c1-11(2)22-16-7-5-14(6-8-16)18(21)20-17-12(3)9-15(19)10-13(17)4/h5-11H,1-4H3,(H,20,21). The molecule has 4 heteroatoms. The smallest absolute Gasteiger partial charge is 0.255 e. The average Bonchev–Trinajstić information content (AvgIpc) is 2.42. The maximum Gasteiger partial charge on any atom is 0.255 e. The van der Waals surface area contributed by atoms with Crippen LogP contribution in [0.1, 0.15) is 35.3 Å². The summed E-state index contributed by atoms with van der Waals surface area (Å²) in [5.74, 6) is 0.646. The first kappa shape index (κ1) is 16.6. The first-order valence-electron chi connectivity index (χ1n) is 7.21. The van der Waals surface area contributed by atoms with E-state index in [0.717, 1.165) is 27.0 Å². The molecule has 2 rings (SSSR count). The fourth-order valence-corrected chi connectivity index (χ4v) is 2.94. The van der Waals surface area contributed by atoms with Crippen molar-refractivity contribution in [1.29, 1.82) is 0 Å². The lowest BCUT2D eigenvalue weighted by molar-refractivity contribution is 0.102. The summed E-state index contributed by atoms with van der Waals surface area (Å²) in [6.45, 7) is 7.90. The van der Waals surface area contributed by atoms with Gasteiger partial charge >= 0.3 is 0 Å². The van der Waals surface area contributed by atoms with Gasteiger partial charge in [0.05, 0.1) is 6.10 Å². The normalized spacial score (nSPS) is 10.6. The molecule has 0 aromatic heterocycles. The van der Waals surface area contributed by atoms with Gasteiger partial charge in [-0.1, -0.05) is 15.9 Å². The molecule has 0 saturated heterocycles. The molecule has 0 fully saturated rings. The van der Waals surface area contributed by atoms with Crippen LogP contribution < -0.4 is 10.1 Å². The minimum atomic E-state index is -0.121. The Hall–Kier alpha value is -1.81. The van der Waals surface area contributed by atoms with E-state index < -0.39 is 0 Å². The summed E-state index contributed by atoms with van der Waals surface area (Å²) in [5.41, 5.74) is 3.52. The second kappa shape index (κ2) is 6.97. The molecule has 2 aromatic carbocycles. The van der Waals surface area contributed by atoms with Crippen LogP contribution >= 0.6 is 15.9 Å². The van der Waals surface area contributed by atoms with Crippen LogP contribution in [0.5, 0.6) is 5.75 Å². The molecule has 0 atom stereocenters. The molecule has 0 spiro atoms. The van der Waals surface area contributed by atoms with Crippen LogP contribution in [-0.2, 0) is 0 Å². The van der Waals surface area contributed by atoms with Crippen molar-refractivity contribution < 1.29 is 9.53 Å². The second-order valence-corrected chi connectivity index (χ2v) is 6.48. The number of nitrogens with one attached hydrogen (secondary N) is 1. The highest BCUT2D eigenvalue weighted by Crippen LogP contribution is 2.25. The fourth-order valence-electron chi connectivity index (χ4n) is 2.25. The van der Waals surface area contributed by atoms with Gasteiger partial charge in [-0.2, -0.15) is 0 Å². The van der Waals surface area contributed by atoms with Gasteiger partial charge < -0.3 is 10.1 Å². The lowest BCUT2D eigenvalue weighted by atomic mass is 10.1. The molecule has 2 aromatic rings. The van der Waals surface area contributed by atoms with E-state index >= 15 is 0 Å². The Labute approximate surface area is 139 Å². The number of carbonyl (C=O) groups excluding carboxylic acids is 1. The summed E-state index contributed by atoms with van der Waals surface area (Å²) < 4.78 is 6.59. The van der Waals surface area contributed by atoms with Crippen molar-refractivity contribution in [1.82, 2.24) is 0 Å². The largest absolute Gasteiger partial charge is 0.491 e. The van der Waals surface area contributed by atoms with E-state index in [1.54, 1.807) is 12.1 Å². The molecule has 1 amide bonds. The number of amides is 1. The zero-order valence-corrected chi connectivity index (χ0v) is 14.8. The van der Waals surface area contributed by atoms with Gasteiger partial charge in [0.2, 0.25) is 0 Å². The van der Waals surface area contributed by atoms with Crippen molar-refractivity contribution in [3.05, 3.63) is 57.6 Å². The summed E-state index contributed by atoms with van der Waals surface area (Å²) in [6, 6.07) is 11.2. The van der Waals surface area contributed by atoms with Crippen LogP contribution in [0.2, 0.25) is 0 Å². The number of anilines is 1. The van der Waals surface area contributed by atoms with Crippen LogP contribution in [0.4, 0.5) is 5.69 Å². The number of carbonyl (C=O) groups is 1. The predicted molar refractivity (Wildman–Crippen MR) is 93.8 cm³/mol. The number of halogens is 1. The van der Waals surface area contributed by atoms with Gasteiger partial charge in [-0.25, -0.2) is 0 Å². The molecule has 0 radical (unpaired) electrons. The molecule has 3 nitrogen and oxygen atoms in total. The van der Waals surface area contributed by atoms with Gasteiger partial charge in [0.1, 0.15) is 5.75 Å². The van der Waals surface area contributed by atoms with Gasteiger partial charge in [-0.3, -0.25) is 4.79 Å². The molecule has 116 valence electrons. The Morgan fingerprint density at radius 1 is 1.09 bits per heavy atom. The third-order valence-corrected chi connectivity index (χ3v) is 3.68. The molecular weight excluding hydrogens is 342 g/mol. The van der Waals surface area contributed by atoms with Gasteiger partial charge in [-0.05, 0) is 75.2 Å². The van der Waals surface area contributed by atoms with Crippen molar-refractivity contribution in [2.45, 2.75) is 33.8 Å². The van der Waals surface area contributed by atoms with Crippen molar-refractivity contribution >= 4 is 27.5 Å². The molecular formula is C18H20BrNO2. The van der Waals surface area contributed by atoms with Crippen LogP contribution in [-0.4, -0.2) is 12.0 Å². The molecule has 0 bridgehead atoms. The zero-order chi connectivity index (χ0) is 16.3. The molecule has 0 aliphatic carbocycles. The van der Waals surface area contributed by atoms with Crippen molar-refractivity contribution in [2.24, 2.45) is 0 Å². The van der Waals surface area contributed by atoms with Crippen molar-refractivity contribution in [3.8, 4) is 5.75 Å². The summed E-state index contributed by atoms with van der Waals surface area (Å²) in [4.78, 5) is 12.4. The third-order valence-electron chi connectivity index (χ3n) is 3.22. The molecule has 0 saturated carbocycles.